The van der Waals surface area contributed by atoms with Crippen molar-refractivity contribution in [1.82, 2.24) is 16.0 Å². The van der Waals surface area contributed by atoms with Gasteiger partial charge in [0, 0.05) is 11.1 Å². The van der Waals surface area contributed by atoms with E-state index in [-0.39, 0.29) is 17.1 Å². The number of benzene rings is 1. The first-order valence-electron chi connectivity index (χ1n) is 8.86. The molecule has 0 radical (unpaired) electrons. The predicted octanol–water partition coefficient (Wildman–Crippen LogP) is 0.610. The molecule has 0 spiro atoms. The van der Waals surface area contributed by atoms with E-state index in [1.54, 1.807) is 20.8 Å². The quantitative estimate of drug-likeness (QED) is 0.515. The lowest BCUT2D eigenvalue weighted by Gasteiger charge is -2.20. The average molecular weight is 425 g/mol. The van der Waals surface area contributed by atoms with Gasteiger partial charge in [-0.15, -0.1) is 0 Å². The Kier molecular flexibility index (Phi) is 8.90. The van der Waals surface area contributed by atoms with E-state index in [4.69, 9.17) is 18.9 Å². The highest BCUT2D eigenvalue weighted by atomic mass is 16.5. The molecule has 11 nitrogen and oxygen atoms in total. The fraction of sp³-hybridized carbons (Fsp3) is 0.474. The maximum Gasteiger partial charge on any atom is 0.325 e. The van der Waals surface area contributed by atoms with Gasteiger partial charge in [0.25, 0.3) is 11.8 Å². The van der Waals surface area contributed by atoms with Crippen LogP contribution in [0.4, 0.5) is 4.79 Å². The molecule has 0 aliphatic rings. The Hall–Kier alpha value is -3.50. The zero-order valence-corrected chi connectivity index (χ0v) is 17.8. The van der Waals surface area contributed by atoms with Crippen molar-refractivity contribution in [3.05, 3.63) is 17.7 Å². The molecule has 0 fully saturated rings. The number of imide groups is 1. The summed E-state index contributed by atoms with van der Waals surface area (Å²) in [5.41, 5.74) is -0.369. The molecule has 0 unspecified atom stereocenters. The average Bonchev–Trinajstić information content (AvgIpc) is 2.67. The molecule has 0 saturated carbocycles. The van der Waals surface area contributed by atoms with E-state index >= 15 is 0 Å². The molecule has 166 valence electrons. The van der Waals surface area contributed by atoms with Gasteiger partial charge >= 0.3 is 12.0 Å². The molecule has 0 aliphatic heterocycles. The molecule has 1 aromatic carbocycles. The number of amides is 4. The van der Waals surface area contributed by atoms with Crippen LogP contribution in [0.1, 0.15) is 31.1 Å². The van der Waals surface area contributed by atoms with Crippen LogP contribution in [-0.4, -0.2) is 63.8 Å². The largest absolute Gasteiger partial charge is 0.493 e. The number of carbonyl (C=O) groups is 4. The number of ether oxygens (including phenoxy) is 4. The summed E-state index contributed by atoms with van der Waals surface area (Å²) >= 11 is 0. The first-order chi connectivity index (χ1) is 14.0. The van der Waals surface area contributed by atoms with E-state index in [9.17, 15) is 19.2 Å². The van der Waals surface area contributed by atoms with Gasteiger partial charge in [0.1, 0.15) is 6.54 Å². The van der Waals surface area contributed by atoms with Crippen LogP contribution in [0.5, 0.6) is 17.2 Å². The van der Waals surface area contributed by atoms with Crippen LogP contribution in [-0.2, 0) is 14.3 Å². The van der Waals surface area contributed by atoms with E-state index in [0.717, 1.165) is 0 Å². The summed E-state index contributed by atoms with van der Waals surface area (Å²) in [6, 6.07) is 2.13. The van der Waals surface area contributed by atoms with Crippen molar-refractivity contribution in [2.24, 2.45) is 0 Å². The SMILES string of the molecule is COc1cc(C(=O)NCC(=O)OCC(=O)NC(=O)NC(C)(C)C)cc(OC)c1OC. The van der Waals surface area contributed by atoms with Crippen LogP contribution in [0.15, 0.2) is 12.1 Å². The Bertz CT molecular complexity index is 776. The molecule has 11 heteroatoms. The van der Waals surface area contributed by atoms with Gasteiger partial charge in [0.2, 0.25) is 5.75 Å². The summed E-state index contributed by atoms with van der Waals surface area (Å²) < 4.78 is 20.2. The topological polar surface area (TPSA) is 141 Å². The highest BCUT2D eigenvalue weighted by Gasteiger charge is 2.19. The fourth-order valence-electron chi connectivity index (χ4n) is 2.20. The molecule has 0 aromatic heterocycles. The van der Waals surface area contributed by atoms with Gasteiger partial charge in [-0.2, -0.15) is 0 Å². The number of hydrogen-bond donors (Lipinski definition) is 3. The molecule has 1 aromatic rings. The van der Waals surface area contributed by atoms with Gasteiger partial charge in [0.05, 0.1) is 21.3 Å². The number of esters is 1. The van der Waals surface area contributed by atoms with Gasteiger partial charge in [-0.1, -0.05) is 0 Å². The van der Waals surface area contributed by atoms with Gasteiger partial charge in [-0.25, -0.2) is 4.79 Å². The normalized spacial score (nSPS) is 10.5. The third-order valence-electron chi connectivity index (χ3n) is 3.43. The number of nitrogens with one attached hydrogen (secondary N) is 3. The standard InChI is InChI=1S/C19H27N3O8/c1-19(2,3)22-18(26)21-14(23)10-30-15(24)9-20-17(25)11-7-12(27-4)16(29-6)13(8-11)28-5/h7-8H,9-10H2,1-6H3,(H,20,25)(H2,21,22,23,26). The summed E-state index contributed by atoms with van der Waals surface area (Å²) in [6.45, 7) is 4.07. The Labute approximate surface area is 174 Å². The van der Waals surface area contributed by atoms with Crippen molar-refractivity contribution in [2.75, 3.05) is 34.5 Å². The van der Waals surface area contributed by atoms with Crippen molar-refractivity contribution in [3.63, 3.8) is 0 Å². The molecule has 1 rings (SSSR count). The van der Waals surface area contributed by atoms with Gasteiger partial charge in [-0.05, 0) is 32.9 Å². The molecule has 3 N–H and O–H groups in total. The van der Waals surface area contributed by atoms with Crippen LogP contribution in [0.3, 0.4) is 0 Å². The van der Waals surface area contributed by atoms with Crippen LogP contribution < -0.4 is 30.2 Å². The molecule has 4 amide bonds. The minimum Gasteiger partial charge on any atom is -0.493 e. The fourth-order valence-corrected chi connectivity index (χ4v) is 2.20. The number of carbonyl (C=O) groups excluding carboxylic acids is 4. The second kappa shape index (κ2) is 10.9. The number of hydrogen-bond acceptors (Lipinski definition) is 8. The predicted molar refractivity (Wildman–Crippen MR) is 106 cm³/mol. The Morgan fingerprint density at radius 2 is 1.50 bits per heavy atom. The minimum atomic E-state index is -0.859. The van der Waals surface area contributed by atoms with E-state index in [1.807, 2.05) is 5.32 Å². The summed E-state index contributed by atoms with van der Waals surface area (Å²) in [6.07, 6.45) is 0. The highest BCUT2D eigenvalue weighted by Crippen LogP contribution is 2.38. The molecule has 0 aliphatic carbocycles. The van der Waals surface area contributed by atoms with Gasteiger partial charge in [-0.3, -0.25) is 19.7 Å². The third-order valence-corrected chi connectivity index (χ3v) is 3.43. The second-order valence-corrected chi connectivity index (χ2v) is 7.01. The van der Waals surface area contributed by atoms with E-state index < -0.39 is 42.5 Å². The van der Waals surface area contributed by atoms with Crippen molar-refractivity contribution in [3.8, 4) is 17.2 Å². The van der Waals surface area contributed by atoms with Crippen molar-refractivity contribution < 1.29 is 38.1 Å². The van der Waals surface area contributed by atoms with Crippen molar-refractivity contribution >= 4 is 23.8 Å². The van der Waals surface area contributed by atoms with Gasteiger partial charge < -0.3 is 29.6 Å². The van der Waals surface area contributed by atoms with Crippen LogP contribution in [0, 0.1) is 0 Å². The Morgan fingerprint density at radius 3 is 1.97 bits per heavy atom. The van der Waals surface area contributed by atoms with E-state index in [1.165, 1.54) is 33.5 Å². The minimum absolute atomic E-state index is 0.161. The van der Waals surface area contributed by atoms with Crippen LogP contribution in [0.25, 0.3) is 0 Å². The zero-order chi connectivity index (χ0) is 22.9. The summed E-state index contributed by atoms with van der Waals surface area (Å²) in [4.78, 5) is 47.3. The number of methoxy groups -OCH3 is 3. The molecule has 0 atom stereocenters. The summed E-state index contributed by atoms with van der Waals surface area (Å²) in [5.74, 6) is -1.40. The summed E-state index contributed by atoms with van der Waals surface area (Å²) in [7, 11) is 4.24. The smallest absolute Gasteiger partial charge is 0.325 e. The van der Waals surface area contributed by atoms with E-state index in [2.05, 4.69) is 10.6 Å². The first kappa shape index (κ1) is 24.5. The van der Waals surface area contributed by atoms with Crippen LogP contribution in [0.2, 0.25) is 0 Å². The first-order valence-corrected chi connectivity index (χ1v) is 8.86. The molecule has 30 heavy (non-hydrogen) atoms. The lowest BCUT2D eigenvalue weighted by molar-refractivity contribution is -0.147. The maximum atomic E-state index is 12.3. The maximum absolute atomic E-state index is 12.3. The Balaban J connectivity index is 2.56. The van der Waals surface area contributed by atoms with Crippen molar-refractivity contribution in [1.29, 1.82) is 0 Å². The number of urea groups is 1. The molecular formula is C19H27N3O8. The second-order valence-electron chi connectivity index (χ2n) is 7.01. The highest BCUT2D eigenvalue weighted by molar-refractivity contribution is 5.98. The van der Waals surface area contributed by atoms with Gasteiger partial charge in [0.15, 0.2) is 18.1 Å². The monoisotopic (exact) mass is 425 g/mol. The lowest BCUT2D eigenvalue weighted by Crippen LogP contribution is -2.49. The molecule has 0 saturated heterocycles. The van der Waals surface area contributed by atoms with E-state index in [0.29, 0.717) is 5.75 Å². The van der Waals surface area contributed by atoms with Crippen LogP contribution >= 0.6 is 0 Å². The van der Waals surface area contributed by atoms with Crippen molar-refractivity contribution in [2.45, 2.75) is 26.3 Å². The third kappa shape index (κ3) is 7.86. The lowest BCUT2D eigenvalue weighted by atomic mass is 10.1. The molecular weight excluding hydrogens is 398 g/mol. The molecule has 0 bridgehead atoms. The molecule has 0 heterocycles. The summed E-state index contributed by atoms with van der Waals surface area (Å²) in [5, 5.41) is 6.91. The number of rotatable bonds is 8. The Morgan fingerprint density at radius 1 is 0.933 bits per heavy atom. The zero-order valence-electron chi connectivity index (χ0n) is 17.8.